The Morgan fingerprint density at radius 2 is 1.90 bits per heavy atom. The summed E-state index contributed by atoms with van der Waals surface area (Å²) in [6, 6.07) is 9.19. The lowest BCUT2D eigenvalue weighted by molar-refractivity contribution is -0.125. The minimum Gasteiger partial charge on any atom is -0.352 e. The van der Waals surface area contributed by atoms with Gasteiger partial charge in [-0.15, -0.1) is 0 Å². The van der Waals surface area contributed by atoms with Gasteiger partial charge in [-0.25, -0.2) is 0 Å². The summed E-state index contributed by atoms with van der Waals surface area (Å²) in [6.45, 7) is 10.7. The van der Waals surface area contributed by atoms with E-state index in [4.69, 9.17) is 0 Å². The van der Waals surface area contributed by atoms with Crippen LogP contribution >= 0.6 is 0 Å². The summed E-state index contributed by atoms with van der Waals surface area (Å²) in [4.78, 5) is 20.2. The minimum atomic E-state index is 0.156. The molecule has 0 radical (unpaired) electrons. The van der Waals surface area contributed by atoms with E-state index in [2.05, 4.69) is 58.3 Å². The van der Waals surface area contributed by atoms with Gasteiger partial charge in [0.2, 0.25) is 5.91 Å². The molecule has 0 spiro atoms. The van der Waals surface area contributed by atoms with Crippen LogP contribution in [0.4, 0.5) is 0 Å². The van der Waals surface area contributed by atoms with Crippen LogP contribution in [-0.2, 0) is 11.2 Å². The summed E-state index contributed by atoms with van der Waals surface area (Å²) in [5.74, 6) is 1.06. The van der Waals surface area contributed by atoms with Crippen LogP contribution in [0.3, 0.4) is 0 Å². The summed E-state index contributed by atoms with van der Waals surface area (Å²) in [6.07, 6.45) is 4.81. The molecule has 0 bridgehead atoms. The van der Waals surface area contributed by atoms with Crippen LogP contribution in [0.15, 0.2) is 24.3 Å². The molecule has 1 amide bonds. The molecular formula is C24H38N4O. The van der Waals surface area contributed by atoms with Crippen molar-refractivity contribution in [2.24, 2.45) is 5.92 Å². The van der Waals surface area contributed by atoms with Crippen LogP contribution in [0.2, 0.25) is 0 Å². The number of hydrogen-bond acceptors (Lipinski definition) is 4. The van der Waals surface area contributed by atoms with E-state index in [1.165, 1.54) is 24.8 Å². The molecular weight excluding hydrogens is 360 g/mol. The Kier molecular flexibility index (Phi) is 6.88. The van der Waals surface area contributed by atoms with Gasteiger partial charge in [0.1, 0.15) is 0 Å². The summed E-state index contributed by atoms with van der Waals surface area (Å²) in [7, 11) is 2.18. The second-order valence-electron chi connectivity index (χ2n) is 9.55. The molecule has 1 N–H and O–H groups in total. The van der Waals surface area contributed by atoms with Crippen molar-refractivity contribution in [3.8, 4) is 0 Å². The van der Waals surface area contributed by atoms with Crippen molar-refractivity contribution < 1.29 is 4.79 Å². The Bertz CT molecular complexity index is 685. The molecule has 1 aromatic carbocycles. The fraction of sp³-hybridized carbons (Fsp3) is 0.708. The number of piperazine rings is 1. The molecule has 3 atom stereocenters. The number of benzene rings is 1. The van der Waals surface area contributed by atoms with Gasteiger partial charge in [-0.05, 0) is 63.2 Å². The third kappa shape index (κ3) is 5.39. The minimum absolute atomic E-state index is 0.156. The summed E-state index contributed by atoms with van der Waals surface area (Å²) < 4.78 is 0. The molecule has 1 aromatic rings. The van der Waals surface area contributed by atoms with E-state index in [0.717, 1.165) is 58.8 Å². The first-order valence-electron chi connectivity index (χ1n) is 11.6. The molecule has 0 aromatic heterocycles. The van der Waals surface area contributed by atoms with E-state index in [9.17, 15) is 4.79 Å². The number of amides is 1. The first kappa shape index (κ1) is 20.8. The van der Waals surface area contributed by atoms with E-state index in [-0.39, 0.29) is 17.9 Å². The number of nitrogens with one attached hydrogen (secondary N) is 1. The molecule has 2 heterocycles. The lowest BCUT2D eigenvalue weighted by atomic mass is 9.82. The van der Waals surface area contributed by atoms with Crippen molar-refractivity contribution in [1.82, 2.24) is 20.0 Å². The number of likely N-dealkylation sites (N-methyl/N-ethyl adjacent to an activating group) is 1. The molecule has 2 fully saturated rings. The molecule has 2 saturated heterocycles. The van der Waals surface area contributed by atoms with Gasteiger partial charge in [0, 0.05) is 51.9 Å². The zero-order valence-electron chi connectivity index (χ0n) is 18.3. The second-order valence-corrected chi connectivity index (χ2v) is 9.55. The smallest absolute Gasteiger partial charge is 0.224 e. The zero-order valence-corrected chi connectivity index (χ0v) is 18.3. The van der Waals surface area contributed by atoms with Gasteiger partial charge < -0.3 is 15.1 Å². The molecule has 5 nitrogen and oxygen atoms in total. The molecule has 160 valence electrons. The molecule has 4 rings (SSSR count). The monoisotopic (exact) mass is 398 g/mol. The van der Waals surface area contributed by atoms with E-state index in [0.29, 0.717) is 5.92 Å². The van der Waals surface area contributed by atoms with Crippen molar-refractivity contribution >= 4 is 5.91 Å². The fourth-order valence-corrected chi connectivity index (χ4v) is 5.39. The van der Waals surface area contributed by atoms with Crippen molar-refractivity contribution in [2.75, 3.05) is 59.4 Å². The molecule has 1 aliphatic carbocycles. The highest BCUT2D eigenvalue weighted by atomic mass is 16.2. The number of aryl methyl sites for hydroxylation is 1. The normalized spacial score (nSPS) is 27.5. The predicted molar refractivity (Wildman–Crippen MR) is 118 cm³/mol. The summed E-state index contributed by atoms with van der Waals surface area (Å²) in [5.41, 5.74) is 3.09. The number of nitrogens with zero attached hydrogens (tertiary/aromatic N) is 3. The predicted octanol–water partition coefficient (Wildman–Crippen LogP) is 2.18. The van der Waals surface area contributed by atoms with Gasteiger partial charge in [-0.1, -0.05) is 24.3 Å². The van der Waals surface area contributed by atoms with E-state index < -0.39 is 0 Å². The van der Waals surface area contributed by atoms with Crippen LogP contribution in [0.5, 0.6) is 0 Å². The Morgan fingerprint density at radius 3 is 2.72 bits per heavy atom. The average molecular weight is 399 g/mol. The van der Waals surface area contributed by atoms with Crippen molar-refractivity contribution in [3.63, 3.8) is 0 Å². The Hall–Kier alpha value is -1.43. The van der Waals surface area contributed by atoms with Crippen LogP contribution in [0, 0.1) is 5.92 Å². The van der Waals surface area contributed by atoms with E-state index in [1.54, 1.807) is 5.56 Å². The largest absolute Gasteiger partial charge is 0.352 e. The van der Waals surface area contributed by atoms with Gasteiger partial charge in [-0.2, -0.15) is 0 Å². The lowest BCUT2D eigenvalue weighted by Crippen LogP contribution is -2.50. The first-order valence-corrected chi connectivity index (χ1v) is 11.6. The zero-order chi connectivity index (χ0) is 20.2. The maximum atomic E-state index is 12.8. The first-order chi connectivity index (χ1) is 14.1. The van der Waals surface area contributed by atoms with Crippen molar-refractivity contribution in [2.45, 2.75) is 44.6 Å². The SMILES string of the molecule is C[C@H](CN1CCN(C)CC1)NC(=O)[C@@H]1CCN(C[C@@H]2CCCc3ccccc32)C1. The third-order valence-electron chi connectivity index (χ3n) is 7.13. The molecule has 29 heavy (non-hydrogen) atoms. The van der Waals surface area contributed by atoms with Gasteiger partial charge in [-0.3, -0.25) is 9.69 Å². The quantitative estimate of drug-likeness (QED) is 0.797. The lowest BCUT2D eigenvalue weighted by Gasteiger charge is -2.34. The van der Waals surface area contributed by atoms with Gasteiger partial charge in [0.05, 0.1) is 5.92 Å². The molecule has 0 saturated carbocycles. The van der Waals surface area contributed by atoms with Gasteiger partial charge in [0.25, 0.3) is 0 Å². The number of fused-ring (bicyclic) bond motifs is 1. The van der Waals surface area contributed by atoms with Crippen molar-refractivity contribution in [1.29, 1.82) is 0 Å². The third-order valence-corrected chi connectivity index (χ3v) is 7.13. The fourth-order valence-electron chi connectivity index (χ4n) is 5.39. The molecule has 5 heteroatoms. The summed E-state index contributed by atoms with van der Waals surface area (Å²) >= 11 is 0. The number of carbonyl (C=O) groups is 1. The molecule has 2 aliphatic heterocycles. The van der Waals surface area contributed by atoms with Crippen LogP contribution in [0.1, 0.15) is 43.2 Å². The topological polar surface area (TPSA) is 38.8 Å². The number of carbonyl (C=O) groups excluding carboxylic acids is 1. The maximum absolute atomic E-state index is 12.8. The molecule has 0 unspecified atom stereocenters. The van der Waals surface area contributed by atoms with Crippen LogP contribution in [0.25, 0.3) is 0 Å². The Balaban J connectivity index is 1.23. The summed E-state index contributed by atoms with van der Waals surface area (Å²) in [5, 5.41) is 3.30. The van der Waals surface area contributed by atoms with Gasteiger partial charge in [0.15, 0.2) is 0 Å². The maximum Gasteiger partial charge on any atom is 0.224 e. The molecule has 3 aliphatic rings. The van der Waals surface area contributed by atoms with Gasteiger partial charge >= 0.3 is 0 Å². The van der Waals surface area contributed by atoms with Crippen LogP contribution < -0.4 is 5.32 Å². The highest BCUT2D eigenvalue weighted by Gasteiger charge is 2.31. The van der Waals surface area contributed by atoms with Crippen molar-refractivity contribution in [3.05, 3.63) is 35.4 Å². The Morgan fingerprint density at radius 1 is 1.10 bits per heavy atom. The standard InChI is InChI=1S/C24H38N4O/c1-19(16-27-14-12-26(2)13-15-27)25-24(29)22-10-11-28(18-22)17-21-8-5-7-20-6-3-4-9-23(20)21/h3-4,6,9,19,21-22H,5,7-8,10-18H2,1-2H3,(H,25,29)/t19-,21+,22-/m1/s1. The number of rotatable bonds is 6. The number of hydrogen-bond donors (Lipinski definition) is 1. The highest BCUT2D eigenvalue weighted by Crippen LogP contribution is 2.33. The second kappa shape index (κ2) is 9.59. The average Bonchev–Trinajstić information content (AvgIpc) is 3.19. The number of likely N-dealkylation sites (tertiary alicyclic amines) is 1. The van der Waals surface area contributed by atoms with Crippen LogP contribution in [-0.4, -0.2) is 86.1 Å². The highest BCUT2D eigenvalue weighted by molar-refractivity contribution is 5.79. The Labute approximate surface area is 176 Å². The van der Waals surface area contributed by atoms with E-state index >= 15 is 0 Å². The van der Waals surface area contributed by atoms with E-state index in [1.807, 2.05) is 0 Å².